The van der Waals surface area contributed by atoms with Gasteiger partial charge in [-0.15, -0.1) is 0 Å². The first-order chi connectivity index (χ1) is 20.5. The highest BCUT2D eigenvalue weighted by Crippen LogP contribution is 2.41. The largest absolute Gasteiger partial charge is 0.0629 e. The zero-order chi connectivity index (χ0) is 28.3. The van der Waals surface area contributed by atoms with Gasteiger partial charge in [-0.25, -0.2) is 0 Å². The fourth-order valence-electron chi connectivity index (χ4n) is 6.49. The van der Waals surface area contributed by atoms with Gasteiger partial charge in [-0.2, -0.15) is 0 Å². The minimum atomic E-state index is -0.0215. The Bertz CT molecular complexity index is 2320. The SMILES string of the molecule is [2H]c1c([2H])c(-c2ccc3ccc4cccc5ccc2c3c45)c([2H])c([2H])c1-c1ccc2ccc3cccc4ccc1c2c34. The molecule has 0 nitrogen and oxygen atoms in total. The molecular formula is C38H22. The van der Waals surface area contributed by atoms with E-state index in [4.69, 9.17) is 0 Å². The lowest BCUT2D eigenvalue weighted by atomic mass is 9.88. The van der Waals surface area contributed by atoms with Crippen molar-refractivity contribution in [2.24, 2.45) is 0 Å². The summed E-state index contributed by atoms with van der Waals surface area (Å²) in [7, 11) is 0. The van der Waals surface area contributed by atoms with Gasteiger partial charge >= 0.3 is 0 Å². The normalized spacial score (nSPS) is 13.7. The molecule has 0 aromatic heterocycles. The fraction of sp³-hybridized carbons (Fsp3) is 0. The first kappa shape index (κ1) is 16.7. The summed E-state index contributed by atoms with van der Waals surface area (Å²) in [5, 5.41) is 13.2. The lowest BCUT2D eigenvalue weighted by molar-refractivity contribution is 1.64. The molecule has 0 radical (unpaired) electrons. The standard InChI is InChI=1S/C38H22/c1-3-25-11-13-29-15-19-31(33-21-17-27(5-1)35(25)37(29)33)23-7-9-24(10-8-23)32-20-16-30-14-12-26-4-2-6-28-18-22-34(32)38(30)36(26)28/h1-22H/i7D,8D,9D,10D. The summed E-state index contributed by atoms with van der Waals surface area (Å²) in [5.41, 5.74) is 2.12. The van der Waals surface area contributed by atoms with E-state index < -0.39 is 0 Å². The van der Waals surface area contributed by atoms with Crippen LogP contribution >= 0.6 is 0 Å². The van der Waals surface area contributed by atoms with Crippen molar-refractivity contribution in [3.63, 3.8) is 0 Å². The smallest absolute Gasteiger partial charge is 0.0610 e. The molecule has 0 spiro atoms. The highest BCUT2D eigenvalue weighted by atomic mass is 14.2. The average Bonchev–Trinajstić information content (AvgIpc) is 3.03. The van der Waals surface area contributed by atoms with Crippen LogP contribution in [0.2, 0.25) is 0 Å². The lowest BCUT2D eigenvalue weighted by Crippen LogP contribution is -1.88. The van der Waals surface area contributed by atoms with Gasteiger partial charge in [-0.1, -0.05) is 133 Å². The van der Waals surface area contributed by atoms with Gasteiger partial charge in [0.2, 0.25) is 0 Å². The lowest BCUT2D eigenvalue weighted by Gasteiger charge is -2.15. The molecule has 0 fully saturated rings. The van der Waals surface area contributed by atoms with Crippen molar-refractivity contribution < 1.29 is 5.48 Å². The highest BCUT2D eigenvalue weighted by Gasteiger charge is 2.14. The Morgan fingerprint density at radius 1 is 0.316 bits per heavy atom. The van der Waals surface area contributed by atoms with Gasteiger partial charge in [0.15, 0.2) is 0 Å². The minimum Gasteiger partial charge on any atom is -0.0610 e. The van der Waals surface area contributed by atoms with Crippen LogP contribution in [0.25, 0.3) is 86.9 Å². The molecule has 9 aromatic rings. The maximum Gasteiger partial charge on any atom is 0.0629 e. The maximum atomic E-state index is 9.22. The van der Waals surface area contributed by atoms with Crippen LogP contribution in [0.15, 0.2) is 133 Å². The van der Waals surface area contributed by atoms with Crippen LogP contribution in [0.1, 0.15) is 5.48 Å². The van der Waals surface area contributed by atoms with Crippen molar-refractivity contribution in [3.05, 3.63) is 133 Å². The fourth-order valence-corrected chi connectivity index (χ4v) is 6.49. The van der Waals surface area contributed by atoms with Gasteiger partial charge in [0.1, 0.15) is 0 Å². The van der Waals surface area contributed by atoms with Crippen molar-refractivity contribution in [3.8, 4) is 22.3 Å². The van der Waals surface area contributed by atoms with Crippen LogP contribution in [0.3, 0.4) is 0 Å². The number of hydrogen-bond acceptors (Lipinski definition) is 0. The van der Waals surface area contributed by atoms with E-state index in [1.807, 2.05) is 24.3 Å². The second-order valence-electron chi connectivity index (χ2n) is 10.2. The Morgan fingerprint density at radius 3 is 1.03 bits per heavy atom. The molecule has 0 saturated carbocycles. The van der Waals surface area contributed by atoms with Gasteiger partial charge in [0.25, 0.3) is 0 Å². The molecule has 0 aliphatic rings. The number of rotatable bonds is 2. The van der Waals surface area contributed by atoms with Crippen molar-refractivity contribution in [1.29, 1.82) is 0 Å². The molecule has 9 rings (SSSR count). The molecule has 0 heterocycles. The summed E-state index contributed by atoms with van der Waals surface area (Å²) in [6, 6.07) is 37.2. The monoisotopic (exact) mass is 482 g/mol. The van der Waals surface area contributed by atoms with Gasteiger partial charge in [0, 0.05) is 0 Å². The Labute approximate surface area is 225 Å². The Morgan fingerprint density at radius 2 is 0.632 bits per heavy atom. The maximum absolute atomic E-state index is 9.22. The van der Waals surface area contributed by atoms with E-state index in [0.29, 0.717) is 11.1 Å². The van der Waals surface area contributed by atoms with Crippen LogP contribution < -0.4 is 0 Å². The summed E-state index contributed by atoms with van der Waals surface area (Å²) in [6.45, 7) is 0. The van der Waals surface area contributed by atoms with Gasteiger partial charge in [-0.05, 0) is 86.9 Å². The minimum absolute atomic E-state index is 0.0215. The van der Waals surface area contributed by atoms with Crippen LogP contribution in [-0.2, 0) is 0 Å². The topological polar surface area (TPSA) is 0 Å². The molecule has 0 bridgehead atoms. The quantitative estimate of drug-likeness (QED) is 0.215. The zero-order valence-electron chi connectivity index (χ0n) is 24.4. The van der Waals surface area contributed by atoms with Crippen LogP contribution in [-0.4, -0.2) is 0 Å². The number of hydrogen-bond donors (Lipinski definition) is 0. The van der Waals surface area contributed by atoms with Gasteiger partial charge < -0.3 is 0 Å². The average molecular weight is 483 g/mol. The Kier molecular flexibility index (Phi) is 3.22. The van der Waals surface area contributed by atoms with Crippen molar-refractivity contribution in [2.75, 3.05) is 0 Å². The van der Waals surface area contributed by atoms with Crippen LogP contribution in [0.4, 0.5) is 0 Å². The van der Waals surface area contributed by atoms with Crippen LogP contribution in [0, 0.1) is 0 Å². The Balaban J connectivity index is 1.34. The summed E-state index contributed by atoms with van der Waals surface area (Å²) in [5.74, 6) is 0. The third-order valence-electron chi connectivity index (χ3n) is 8.22. The van der Waals surface area contributed by atoms with Crippen molar-refractivity contribution in [1.82, 2.24) is 0 Å². The Hall–Kier alpha value is -4.94. The zero-order valence-corrected chi connectivity index (χ0v) is 20.4. The van der Waals surface area contributed by atoms with E-state index in [9.17, 15) is 5.48 Å². The third-order valence-corrected chi connectivity index (χ3v) is 8.22. The molecule has 0 N–H and O–H groups in total. The highest BCUT2D eigenvalue weighted by molar-refractivity contribution is 6.26. The van der Waals surface area contributed by atoms with E-state index in [0.717, 1.165) is 75.8 Å². The molecule has 0 aliphatic heterocycles. The first-order valence-corrected chi connectivity index (χ1v) is 13.0. The number of benzene rings is 9. The second kappa shape index (κ2) is 7.31. The molecule has 0 heteroatoms. The molecule has 0 amide bonds. The van der Waals surface area contributed by atoms with E-state index in [1.54, 1.807) is 0 Å². The molecule has 9 aromatic carbocycles. The summed E-state index contributed by atoms with van der Waals surface area (Å²) < 4.78 is 36.9. The second-order valence-corrected chi connectivity index (χ2v) is 10.2. The molecule has 0 unspecified atom stereocenters. The molecule has 38 heavy (non-hydrogen) atoms. The molecular weight excluding hydrogens is 456 g/mol. The van der Waals surface area contributed by atoms with E-state index in [-0.39, 0.29) is 24.2 Å². The van der Waals surface area contributed by atoms with E-state index >= 15 is 0 Å². The summed E-state index contributed by atoms with van der Waals surface area (Å²) >= 11 is 0. The predicted octanol–water partition coefficient (Wildman–Crippen LogP) is 10.8. The van der Waals surface area contributed by atoms with Crippen molar-refractivity contribution >= 4 is 64.6 Å². The van der Waals surface area contributed by atoms with E-state index in [1.165, 1.54) is 0 Å². The molecule has 0 aliphatic carbocycles. The predicted molar refractivity (Wildman–Crippen MR) is 165 cm³/mol. The molecule has 0 atom stereocenters. The van der Waals surface area contributed by atoms with E-state index in [2.05, 4.69) is 84.9 Å². The third kappa shape index (κ3) is 2.64. The van der Waals surface area contributed by atoms with Gasteiger partial charge in [0.05, 0.1) is 5.48 Å². The molecule has 0 saturated heterocycles. The summed E-state index contributed by atoms with van der Waals surface area (Å²) in [4.78, 5) is 0. The van der Waals surface area contributed by atoms with Crippen molar-refractivity contribution in [2.45, 2.75) is 0 Å². The first-order valence-electron chi connectivity index (χ1n) is 15.0. The molecule has 174 valence electrons. The van der Waals surface area contributed by atoms with Crippen LogP contribution in [0.5, 0.6) is 0 Å². The van der Waals surface area contributed by atoms with Gasteiger partial charge in [-0.3, -0.25) is 0 Å². The summed E-state index contributed by atoms with van der Waals surface area (Å²) in [6.07, 6.45) is 0.